The molecule has 1 aliphatic carbocycles. The van der Waals surface area contributed by atoms with Gasteiger partial charge in [0.05, 0.1) is 0 Å². The molecular weight excluding hydrogens is 256 g/mol. The molecule has 0 radical (unpaired) electrons. The Balaban J connectivity index is 1.46. The van der Waals surface area contributed by atoms with Crippen LogP contribution in [-0.2, 0) is 0 Å². The summed E-state index contributed by atoms with van der Waals surface area (Å²) >= 11 is 0. The van der Waals surface area contributed by atoms with E-state index in [1.165, 1.54) is 103 Å². The van der Waals surface area contributed by atoms with Crippen LogP contribution >= 0.6 is 0 Å². The van der Waals surface area contributed by atoms with Crippen LogP contribution in [0.4, 0.5) is 0 Å². The van der Waals surface area contributed by atoms with Crippen molar-refractivity contribution in [2.24, 2.45) is 0 Å². The zero-order valence-electron chi connectivity index (χ0n) is 14.0. The maximum Gasteiger partial charge on any atom is 0.0250 e. The number of fused-ring (bicyclic) bond motifs is 1. The first kappa shape index (κ1) is 15.8. The zero-order chi connectivity index (χ0) is 14.3. The second-order valence-corrected chi connectivity index (χ2v) is 7.76. The quantitative estimate of drug-likeness (QED) is 0.807. The summed E-state index contributed by atoms with van der Waals surface area (Å²) < 4.78 is 0. The van der Waals surface area contributed by atoms with E-state index >= 15 is 0 Å². The molecule has 1 N–H and O–H groups in total. The van der Waals surface area contributed by atoms with Crippen LogP contribution in [0.2, 0.25) is 0 Å². The van der Waals surface area contributed by atoms with Gasteiger partial charge in [-0.05, 0) is 38.6 Å². The molecule has 0 aromatic rings. The summed E-state index contributed by atoms with van der Waals surface area (Å²) in [6, 6.07) is 2.51. The second-order valence-electron chi connectivity index (χ2n) is 7.76. The third kappa shape index (κ3) is 4.69. The Labute approximate surface area is 132 Å². The molecule has 2 aliphatic heterocycles. The molecule has 1 saturated carbocycles. The maximum atomic E-state index is 4.10. The minimum atomic E-state index is 0.811. The molecule has 2 heteroatoms. The minimum Gasteiger partial charge on any atom is -0.310 e. The van der Waals surface area contributed by atoms with Crippen molar-refractivity contribution in [1.29, 1.82) is 0 Å². The lowest BCUT2D eigenvalue weighted by molar-refractivity contribution is 0.278. The molecule has 2 saturated heterocycles. The Kier molecular flexibility index (Phi) is 6.42. The van der Waals surface area contributed by atoms with Gasteiger partial charge in [-0.25, -0.2) is 0 Å². The molecule has 0 aromatic carbocycles. The Hall–Kier alpha value is -0.0800. The fraction of sp³-hybridized carbons (Fsp3) is 1.00. The van der Waals surface area contributed by atoms with Gasteiger partial charge in [0.15, 0.2) is 0 Å². The SMILES string of the molecule is C1CCCCCC(NC2CCN3CCCC23)CCCCC1. The summed E-state index contributed by atoms with van der Waals surface area (Å²) in [5.41, 5.74) is 0. The van der Waals surface area contributed by atoms with Gasteiger partial charge in [0.25, 0.3) is 0 Å². The minimum absolute atomic E-state index is 0.811. The van der Waals surface area contributed by atoms with Crippen molar-refractivity contribution in [2.45, 2.75) is 108 Å². The molecule has 2 unspecified atom stereocenters. The van der Waals surface area contributed by atoms with E-state index in [2.05, 4.69) is 10.2 Å². The van der Waals surface area contributed by atoms with Crippen molar-refractivity contribution in [3.63, 3.8) is 0 Å². The van der Waals surface area contributed by atoms with Crippen LogP contribution in [0.15, 0.2) is 0 Å². The molecule has 3 fully saturated rings. The van der Waals surface area contributed by atoms with Crippen molar-refractivity contribution in [3.05, 3.63) is 0 Å². The van der Waals surface area contributed by atoms with Gasteiger partial charge in [0, 0.05) is 24.7 Å². The smallest absolute Gasteiger partial charge is 0.0250 e. The molecule has 2 nitrogen and oxygen atoms in total. The molecule has 2 atom stereocenters. The van der Waals surface area contributed by atoms with Gasteiger partial charge in [-0.3, -0.25) is 4.90 Å². The summed E-state index contributed by atoms with van der Waals surface area (Å²) in [5.74, 6) is 0. The lowest BCUT2D eigenvalue weighted by atomic mass is 9.96. The first-order chi connectivity index (χ1) is 10.4. The van der Waals surface area contributed by atoms with E-state index in [0.29, 0.717) is 0 Å². The highest BCUT2D eigenvalue weighted by atomic mass is 15.2. The number of nitrogens with zero attached hydrogens (tertiary/aromatic N) is 1. The van der Waals surface area contributed by atoms with Gasteiger partial charge >= 0.3 is 0 Å². The summed E-state index contributed by atoms with van der Waals surface area (Å²) in [5, 5.41) is 4.10. The lowest BCUT2D eigenvalue weighted by Crippen LogP contribution is -2.44. The first-order valence-corrected chi connectivity index (χ1v) is 9.93. The van der Waals surface area contributed by atoms with Crippen LogP contribution in [0.1, 0.15) is 89.9 Å². The number of rotatable bonds is 2. The number of hydrogen-bond donors (Lipinski definition) is 1. The third-order valence-corrected chi connectivity index (χ3v) is 6.16. The van der Waals surface area contributed by atoms with Crippen LogP contribution in [0.3, 0.4) is 0 Å². The first-order valence-electron chi connectivity index (χ1n) is 9.93. The van der Waals surface area contributed by atoms with E-state index in [4.69, 9.17) is 0 Å². The normalized spacial score (nSPS) is 34.3. The van der Waals surface area contributed by atoms with Gasteiger partial charge in [0.2, 0.25) is 0 Å². The lowest BCUT2D eigenvalue weighted by Gasteiger charge is -2.27. The fourth-order valence-corrected chi connectivity index (χ4v) is 4.91. The van der Waals surface area contributed by atoms with Crippen LogP contribution in [-0.4, -0.2) is 36.1 Å². The van der Waals surface area contributed by atoms with E-state index in [1.54, 1.807) is 0 Å². The number of hydrogen-bond acceptors (Lipinski definition) is 2. The highest BCUT2D eigenvalue weighted by Crippen LogP contribution is 2.29. The Morgan fingerprint density at radius 1 is 0.571 bits per heavy atom. The van der Waals surface area contributed by atoms with Crippen LogP contribution < -0.4 is 5.32 Å². The molecule has 0 spiro atoms. The van der Waals surface area contributed by atoms with Crippen LogP contribution in [0.5, 0.6) is 0 Å². The number of nitrogens with one attached hydrogen (secondary N) is 1. The maximum absolute atomic E-state index is 4.10. The van der Waals surface area contributed by atoms with Gasteiger partial charge < -0.3 is 5.32 Å². The van der Waals surface area contributed by atoms with E-state index in [-0.39, 0.29) is 0 Å². The molecule has 122 valence electrons. The van der Waals surface area contributed by atoms with Crippen molar-refractivity contribution in [2.75, 3.05) is 13.1 Å². The molecule has 0 aromatic heterocycles. The average Bonchev–Trinajstić information content (AvgIpc) is 3.06. The summed E-state index contributed by atoms with van der Waals surface area (Å²) in [6.07, 6.45) is 20.4. The highest BCUT2D eigenvalue weighted by Gasteiger charge is 2.37. The summed E-state index contributed by atoms with van der Waals surface area (Å²) in [6.45, 7) is 2.72. The van der Waals surface area contributed by atoms with E-state index in [9.17, 15) is 0 Å². The van der Waals surface area contributed by atoms with Crippen LogP contribution in [0, 0.1) is 0 Å². The largest absolute Gasteiger partial charge is 0.310 e. The van der Waals surface area contributed by atoms with Gasteiger partial charge in [-0.2, -0.15) is 0 Å². The Morgan fingerprint density at radius 3 is 1.86 bits per heavy atom. The molecule has 3 aliphatic rings. The van der Waals surface area contributed by atoms with E-state index in [1.807, 2.05) is 0 Å². The fourth-order valence-electron chi connectivity index (χ4n) is 4.91. The molecule has 0 bridgehead atoms. The average molecular weight is 293 g/mol. The summed E-state index contributed by atoms with van der Waals surface area (Å²) in [4.78, 5) is 2.74. The van der Waals surface area contributed by atoms with Crippen LogP contribution in [0.25, 0.3) is 0 Å². The zero-order valence-corrected chi connectivity index (χ0v) is 14.0. The molecular formula is C19H36N2. The molecule has 21 heavy (non-hydrogen) atoms. The molecule has 2 heterocycles. The Morgan fingerprint density at radius 2 is 1.19 bits per heavy atom. The van der Waals surface area contributed by atoms with Gasteiger partial charge in [-0.1, -0.05) is 57.8 Å². The van der Waals surface area contributed by atoms with Gasteiger partial charge in [-0.15, -0.1) is 0 Å². The Bertz CT molecular complexity index is 279. The van der Waals surface area contributed by atoms with Crippen molar-refractivity contribution in [1.82, 2.24) is 10.2 Å². The van der Waals surface area contributed by atoms with Crippen molar-refractivity contribution >= 4 is 0 Å². The highest BCUT2D eigenvalue weighted by molar-refractivity contribution is 4.96. The third-order valence-electron chi connectivity index (χ3n) is 6.16. The van der Waals surface area contributed by atoms with Crippen molar-refractivity contribution in [3.8, 4) is 0 Å². The van der Waals surface area contributed by atoms with E-state index < -0.39 is 0 Å². The topological polar surface area (TPSA) is 15.3 Å². The van der Waals surface area contributed by atoms with E-state index in [0.717, 1.165) is 18.1 Å². The predicted octanol–water partition coefficient (Wildman–Crippen LogP) is 4.49. The predicted molar refractivity (Wildman–Crippen MR) is 90.7 cm³/mol. The molecule has 0 amide bonds. The van der Waals surface area contributed by atoms with Gasteiger partial charge in [0.1, 0.15) is 0 Å². The second kappa shape index (κ2) is 8.53. The van der Waals surface area contributed by atoms with Crippen molar-refractivity contribution < 1.29 is 0 Å². The molecule has 3 rings (SSSR count). The standard InChI is InChI=1S/C19H36N2/c1-2-4-6-8-11-17(12-9-7-5-3-1)20-18-14-16-21-15-10-13-19(18)21/h17-20H,1-16H2. The summed E-state index contributed by atoms with van der Waals surface area (Å²) in [7, 11) is 0. The monoisotopic (exact) mass is 292 g/mol.